The molecule has 3 nitrogen and oxygen atoms in total. The lowest BCUT2D eigenvalue weighted by molar-refractivity contribution is 0.203. The molecule has 1 aromatic carbocycles. The van der Waals surface area contributed by atoms with Crippen LogP contribution in [0, 0.1) is 11.6 Å². The maximum absolute atomic E-state index is 13.7. The van der Waals surface area contributed by atoms with Crippen LogP contribution < -0.4 is 0 Å². The van der Waals surface area contributed by atoms with Crippen LogP contribution in [0.15, 0.2) is 23.1 Å². The summed E-state index contributed by atoms with van der Waals surface area (Å²) < 4.78 is 53.6. The first kappa shape index (κ1) is 14.4. The van der Waals surface area contributed by atoms with Crippen LogP contribution >= 0.6 is 0 Å². The Kier molecular flexibility index (Phi) is 3.92. The minimum absolute atomic E-state index is 0.243. The summed E-state index contributed by atoms with van der Waals surface area (Å²) >= 11 is 0. The van der Waals surface area contributed by atoms with Gasteiger partial charge in [-0.15, -0.1) is 0 Å². The first-order chi connectivity index (χ1) is 8.85. The highest BCUT2D eigenvalue weighted by atomic mass is 32.2. The van der Waals surface area contributed by atoms with Crippen molar-refractivity contribution in [3.8, 4) is 0 Å². The molecule has 19 heavy (non-hydrogen) atoms. The molecule has 1 aliphatic rings. The van der Waals surface area contributed by atoms with Crippen LogP contribution in [-0.2, 0) is 10.0 Å². The zero-order valence-corrected chi connectivity index (χ0v) is 11.8. The highest BCUT2D eigenvalue weighted by molar-refractivity contribution is 7.89. The topological polar surface area (TPSA) is 37.4 Å². The molecule has 0 spiro atoms. The van der Waals surface area contributed by atoms with Crippen LogP contribution in [0.2, 0.25) is 0 Å². The van der Waals surface area contributed by atoms with Gasteiger partial charge in [0.25, 0.3) is 0 Å². The Labute approximate surface area is 112 Å². The monoisotopic (exact) mass is 289 g/mol. The average molecular weight is 289 g/mol. The second-order valence-corrected chi connectivity index (χ2v) is 6.79. The lowest BCUT2D eigenvalue weighted by atomic mass is 10.0. The molecule has 1 saturated heterocycles. The Balaban J connectivity index is 2.53. The van der Waals surface area contributed by atoms with Gasteiger partial charge in [-0.05, 0) is 38.8 Å². The zero-order chi connectivity index (χ0) is 14.2. The van der Waals surface area contributed by atoms with E-state index in [1.165, 1.54) is 4.31 Å². The Bertz CT molecular complexity index is 544. The summed E-state index contributed by atoms with van der Waals surface area (Å²) in [6, 6.07) is 2.61. The smallest absolute Gasteiger partial charge is 0.207 e. The Morgan fingerprint density at radius 3 is 2.05 bits per heavy atom. The highest BCUT2D eigenvalue weighted by Crippen LogP contribution is 2.31. The van der Waals surface area contributed by atoms with Crippen molar-refractivity contribution in [2.24, 2.45) is 0 Å². The van der Waals surface area contributed by atoms with Gasteiger partial charge in [0.2, 0.25) is 10.0 Å². The third-order valence-electron chi connectivity index (χ3n) is 3.57. The number of rotatable bonds is 2. The van der Waals surface area contributed by atoms with Crippen LogP contribution in [0.5, 0.6) is 0 Å². The number of sulfonamides is 1. The molecule has 2 unspecified atom stereocenters. The summed E-state index contributed by atoms with van der Waals surface area (Å²) in [4.78, 5) is -0.837. The van der Waals surface area contributed by atoms with Crippen molar-refractivity contribution in [1.82, 2.24) is 4.31 Å². The zero-order valence-electron chi connectivity index (χ0n) is 10.9. The van der Waals surface area contributed by atoms with Crippen molar-refractivity contribution in [2.45, 2.75) is 50.1 Å². The summed E-state index contributed by atoms with van der Waals surface area (Å²) in [6.45, 7) is 3.54. The van der Waals surface area contributed by atoms with E-state index in [1.54, 1.807) is 13.8 Å². The minimum atomic E-state index is -4.14. The van der Waals surface area contributed by atoms with Crippen molar-refractivity contribution in [2.75, 3.05) is 0 Å². The van der Waals surface area contributed by atoms with Gasteiger partial charge >= 0.3 is 0 Å². The maximum Gasteiger partial charge on any atom is 0.249 e. The third-order valence-corrected chi connectivity index (χ3v) is 5.75. The molecule has 6 heteroatoms. The van der Waals surface area contributed by atoms with Gasteiger partial charge in [0.05, 0.1) is 0 Å². The lowest BCUT2D eigenvalue weighted by Crippen LogP contribution is -2.47. The summed E-state index contributed by atoms with van der Waals surface area (Å²) in [5, 5.41) is 0. The largest absolute Gasteiger partial charge is 0.249 e. The molecule has 0 saturated carbocycles. The molecule has 2 rings (SSSR count). The SMILES string of the molecule is CC1CCCC(C)N1S(=O)(=O)c1c(F)cccc1F. The fourth-order valence-electron chi connectivity index (χ4n) is 2.71. The van der Waals surface area contributed by atoms with Gasteiger partial charge in [0.15, 0.2) is 4.90 Å². The molecule has 2 atom stereocenters. The van der Waals surface area contributed by atoms with E-state index in [-0.39, 0.29) is 12.1 Å². The normalized spacial score (nSPS) is 25.5. The van der Waals surface area contributed by atoms with Crippen molar-refractivity contribution in [3.63, 3.8) is 0 Å². The van der Waals surface area contributed by atoms with E-state index < -0.39 is 26.6 Å². The molecule has 0 amide bonds. The van der Waals surface area contributed by atoms with Crippen molar-refractivity contribution < 1.29 is 17.2 Å². The second-order valence-electron chi connectivity index (χ2n) is 5.01. The predicted molar refractivity (Wildman–Crippen MR) is 68.2 cm³/mol. The van der Waals surface area contributed by atoms with Crippen LogP contribution in [-0.4, -0.2) is 24.8 Å². The Morgan fingerprint density at radius 1 is 1.11 bits per heavy atom. The van der Waals surface area contributed by atoms with Gasteiger partial charge in [-0.1, -0.05) is 12.5 Å². The summed E-state index contributed by atoms with van der Waals surface area (Å²) in [5.41, 5.74) is 0. The van der Waals surface area contributed by atoms with Gasteiger partial charge in [-0.3, -0.25) is 0 Å². The second kappa shape index (κ2) is 5.17. The number of benzene rings is 1. The highest BCUT2D eigenvalue weighted by Gasteiger charge is 2.38. The number of hydrogen-bond acceptors (Lipinski definition) is 2. The van der Waals surface area contributed by atoms with Crippen LogP contribution in [0.1, 0.15) is 33.1 Å². The van der Waals surface area contributed by atoms with Crippen molar-refractivity contribution in [3.05, 3.63) is 29.8 Å². The summed E-state index contributed by atoms with van der Waals surface area (Å²) in [5.74, 6) is -2.07. The van der Waals surface area contributed by atoms with Crippen LogP contribution in [0.4, 0.5) is 8.78 Å². The molecule has 0 aromatic heterocycles. The van der Waals surface area contributed by atoms with E-state index >= 15 is 0 Å². The van der Waals surface area contributed by atoms with E-state index in [1.807, 2.05) is 0 Å². The molecular weight excluding hydrogens is 272 g/mol. The Morgan fingerprint density at radius 2 is 1.58 bits per heavy atom. The maximum atomic E-state index is 13.7. The number of piperidine rings is 1. The van der Waals surface area contributed by atoms with Gasteiger partial charge in [0.1, 0.15) is 11.6 Å². The molecule has 0 aliphatic carbocycles. The van der Waals surface area contributed by atoms with Crippen LogP contribution in [0.3, 0.4) is 0 Å². The number of halogens is 2. The first-order valence-corrected chi connectivity index (χ1v) is 7.77. The standard InChI is InChI=1S/C13H17F2NO2S/c1-9-5-3-6-10(2)16(9)19(17,18)13-11(14)7-4-8-12(13)15/h4,7-10H,3,5-6H2,1-2H3. The molecule has 0 radical (unpaired) electrons. The molecule has 0 bridgehead atoms. The van der Waals surface area contributed by atoms with Crippen LogP contribution in [0.25, 0.3) is 0 Å². The summed E-state index contributed by atoms with van der Waals surface area (Å²) in [7, 11) is -4.14. The fraction of sp³-hybridized carbons (Fsp3) is 0.538. The molecular formula is C13H17F2NO2S. The molecule has 106 valence electrons. The molecule has 1 aromatic rings. The van der Waals surface area contributed by atoms with E-state index in [0.717, 1.165) is 24.6 Å². The first-order valence-electron chi connectivity index (χ1n) is 6.33. The third kappa shape index (κ3) is 2.51. The fourth-order valence-corrected chi connectivity index (χ4v) is 4.70. The number of nitrogens with zero attached hydrogens (tertiary/aromatic N) is 1. The molecule has 0 N–H and O–H groups in total. The van der Waals surface area contributed by atoms with Crippen molar-refractivity contribution in [1.29, 1.82) is 0 Å². The van der Waals surface area contributed by atoms with E-state index in [0.29, 0.717) is 12.8 Å². The van der Waals surface area contributed by atoms with Gasteiger partial charge < -0.3 is 0 Å². The van der Waals surface area contributed by atoms with Gasteiger partial charge in [-0.2, -0.15) is 4.31 Å². The number of hydrogen-bond donors (Lipinski definition) is 0. The average Bonchev–Trinajstić information content (AvgIpc) is 2.27. The molecule has 1 fully saturated rings. The van der Waals surface area contributed by atoms with Gasteiger partial charge in [0, 0.05) is 12.1 Å². The lowest BCUT2D eigenvalue weighted by Gasteiger charge is -2.37. The predicted octanol–water partition coefficient (Wildman–Crippen LogP) is 2.92. The quantitative estimate of drug-likeness (QED) is 0.839. The van der Waals surface area contributed by atoms with E-state index in [9.17, 15) is 17.2 Å². The summed E-state index contributed by atoms with van der Waals surface area (Å²) in [6.07, 6.45) is 2.34. The minimum Gasteiger partial charge on any atom is -0.207 e. The van der Waals surface area contributed by atoms with Crippen molar-refractivity contribution >= 4 is 10.0 Å². The van der Waals surface area contributed by atoms with E-state index in [2.05, 4.69) is 0 Å². The van der Waals surface area contributed by atoms with E-state index in [4.69, 9.17) is 0 Å². The Hall–Kier alpha value is -1.01. The molecule has 1 aliphatic heterocycles. The molecule has 1 heterocycles. The van der Waals surface area contributed by atoms with Gasteiger partial charge in [-0.25, -0.2) is 17.2 Å².